The number of fused-ring (bicyclic) bond motifs is 1. The maximum atomic E-state index is 13.8. The van der Waals surface area contributed by atoms with Gasteiger partial charge in [-0.3, -0.25) is 0 Å². The molecule has 1 aliphatic heterocycles. The second kappa shape index (κ2) is 4.98. The molecule has 4 nitrogen and oxygen atoms in total. The first-order chi connectivity index (χ1) is 9.18. The molecule has 3 rings (SSSR count). The summed E-state index contributed by atoms with van der Waals surface area (Å²) in [6.07, 6.45) is 0. The fraction of sp³-hybridized carbons (Fsp3) is 0.462. The zero-order valence-corrected chi connectivity index (χ0v) is 11.4. The molecule has 0 bridgehead atoms. The molecule has 0 spiro atoms. The molecule has 1 fully saturated rings. The molecule has 0 amide bonds. The van der Waals surface area contributed by atoms with Gasteiger partial charge >= 0.3 is 0 Å². The van der Waals surface area contributed by atoms with Gasteiger partial charge in [0.05, 0.1) is 37.2 Å². The molecule has 1 aliphatic rings. The summed E-state index contributed by atoms with van der Waals surface area (Å²) in [6, 6.07) is 4.98. The number of halogens is 2. The van der Waals surface area contributed by atoms with E-state index in [1.54, 1.807) is 6.07 Å². The number of morpholine rings is 1. The number of ether oxygens (including phenoxy) is 1. The van der Waals surface area contributed by atoms with Gasteiger partial charge in [-0.05, 0) is 19.1 Å². The number of alkyl halides is 1. The van der Waals surface area contributed by atoms with Crippen LogP contribution in [0.3, 0.4) is 0 Å². The zero-order chi connectivity index (χ0) is 13.4. The highest BCUT2D eigenvalue weighted by atomic mass is 35.5. The van der Waals surface area contributed by atoms with E-state index >= 15 is 0 Å². The lowest BCUT2D eigenvalue weighted by molar-refractivity contribution is 0.111. The van der Waals surface area contributed by atoms with Gasteiger partial charge in [-0.15, -0.1) is 11.6 Å². The largest absolute Gasteiger partial charge is 0.378 e. The summed E-state index contributed by atoms with van der Waals surface area (Å²) in [7, 11) is 0. The Bertz CT molecular complexity index is 593. The number of benzene rings is 1. The summed E-state index contributed by atoms with van der Waals surface area (Å²) < 4.78 is 21.1. The molecule has 0 radical (unpaired) electrons. The van der Waals surface area contributed by atoms with E-state index in [1.165, 1.54) is 6.07 Å². The van der Waals surface area contributed by atoms with Crippen LogP contribution in [0.4, 0.5) is 4.39 Å². The number of rotatable bonds is 2. The molecule has 0 saturated carbocycles. The smallest absolute Gasteiger partial charge is 0.151 e. The van der Waals surface area contributed by atoms with Crippen molar-refractivity contribution in [3.05, 3.63) is 29.8 Å². The maximum absolute atomic E-state index is 13.8. The van der Waals surface area contributed by atoms with Crippen LogP contribution in [0.1, 0.15) is 18.1 Å². The molecule has 0 aliphatic carbocycles. The summed E-state index contributed by atoms with van der Waals surface area (Å²) in [6.45, 7) is 4.66. The van der Waals surface area contributed by atoms with Gasteiger partial charge in [-0.2, -0.15) is 0 Å². The molecule has 0 N–H and O–H groups in total. The predicted molar refractivity (Wildman–Crippen MR) is 72.7 cm³/mol. The van der Waals surface area contributed by atoms with Crippen molar-refractivity contribution in [2.24, 2.45) is 0 Å². The molecule has 19 heavy (non-hydrogen) atoms. The molecule has 102 valence electrons. The van der Waals surface area contributed by atoms with E-state index in [0.717, 1.165) is 18.6 Å². The third kappa shape index (κ3) is 2.17. The summed E-state index contributed by atoms with van der Waals surface area (Å²) in [5.74, 6) is 0.353. The minimum Gasteiger partial charge on any atom is -0.378 e. The van der Waals surface area contributed by atoms with Crippen LogP contribution in [0.25, 0.3) is 11.0 Å². The SMILES string of the molecule is CC(Cl)c1nc2c(F)cccc2n1N1CCOCC1. The minimum atomic E-state index is -0.317. The highest BCUT2D eigenvalue weighted by Gasteiger charge is 2.22. The van der Waals surface area contributed by atoms with Gasteiger partial charge in [0, 0.05) is 0 Å². The van der Waals surface area contributed by atoms with Gasteiger partial charge in [0.2, 0.25) is 0 Å². The van der Waals surface area contributed by atoms with Gasteiger partial charge < -0.3 is 9.75 Å². The van der Waals surface area contributed by atoms with Crippen LogP contribution in [0.2, 0.25) is 0 Å². The number of nitrogens with zero attached hydrogens (tertiary/aromatic N) is 3. The highest BCUT2D eigenvalue weighted by Crippen LogP contribution is 2.26. The van der Waals surface area contributed by atoms with E-state index in [0.29, 0.717) is 24.6 Å². The van der Waals surface area contributed by atoms with Crippen LogP contribution in [0.5, 0.6) is 0 Å². The third-order valence-electron chi connectivity index (χ3n) is 3.26. The average Bonchev–Trinajstić information content (AvgIpc) is 2.81. The molecule has 2 aromatic rings. The Hall–Kier alpha value is -1.33. The zero-order valence-electron chi connectivity index (χ0n) is 10.6. The van der Waals surface area contributed by atoms with E-state index in [-0.39, 0.29) is 11.2 Å². The van der Waals surface area contributed by atoms with Gasteiger partial charge in [-0.25, -0.2) is 14.1 Å². The first kappa shape index (κ1) is 12.7. The summed E-state index contributed by atoms with van der Waals surface area (Å²) in [5.41, 5.74) is 1.13. The molecule has 6 heteroatoms. The lowest BCUT2D eigenvalue weighted by Gasteiger charge is -2.31. The number of hydrogen-bond acceptors (Lipinski definition) is 3. The van der Waals surface area contributed by atoms with E-state index < -0.39 is 0 Å². The monoisotopic (exact) mass is 283 g/mol. The Morgan fingerprint density at radius 3 is 2.79 bits per heavy atom. The Kier molecular flexibility index (Phi) is 3.33. The quantitative estimate of drug-likeness (QED) is 0.793. The van der Waals surface area contributed by atoms with Gasteiger partial charge in [0.1, 0.15) is 11.3 Å². The topological polar surface area (TPSA) is 30.3 Å². The van der Waals surface area contributed by atoms with Crippen molar-refractivity contribution in [1.82, 2.24) is 9.66 Å². The van der Waals surface area contributed by atoms with Gasteiger partial charge in [0.25, 0.3) is 0 Å². The second-order valence-corrected chi connectivity index (χ2v) is 5.23. The van der Waals surface area contributed by atoms with Crippen LogP contribution in [-0.2, 0) is 4.74 Å². The Balaban J connectivity index is 2.18. The number of hydrogen-bond donors (Lipinski definition) is 0. The Labute approximate surface area is 115 Å². The molecule has 2 heterocycles. The Morgan fingerprint density at radius 2 is 2.11 bits per heavy atom. The summed E-state index contributed by atoms with van der Waals surface area (Å²) in [5, 5.41) is 1.82. The summed E-state index contributed by atoms with van der Waals surface area (Å²) in [4.78, 5) is 4.36. The fourth-order valence-corrected chi connectivity index (χ4v) is 2.52. The first-order valence-electron chi connectivity index (χ1n) is 6.32. The maximum Gasteiger partial charge on any atom is 0.151 e. The minimum absolute atomic E-state index is 0.283. The van der Waals surface area contributed by atoms with E-state index in [9.17, 15) is 4.39 Å². The molecule has 1 aromatic carbocycles. The highest BCUT2D eigenvalue weighted by molar-refractivity contribution is 6.20. The number of imidazole rings is 1. The lowest BCUT2D eigenvalue weighted by atomic mass is 10.3. The van der Waals surface area contributed by atoms with Crippen molar-refractivity contribution in [1.29, 1.82) is 0 Å². The molecule has 1 aromatic heterocycles. The van der Waals surface area contributed by atoms with Crippen LogP contribution < -0.4 is 5.01 Å². The van der Waals surface area contributed by atoms with Gasteiger partial charge in [-0.1, -0.05) is 6.07 Å². The van der Waals surface area contributed by atoms with E-state index in [1.807, 2.05) is 17.7 Å². The van der Waals surface area contributed by atoms with E-state index in [2.05, 4.69) is 9.99 Å². The van der Waals surface area contributed by atoms with Crippen molar-refractivity contribution in [3.8, 4) is 0 Å². The number of aromatic nitrogens is 2. The standard InChI is InChI=1S/C13H15ClFN3O/c1-9(14)13-16-12-10(15)3-2-4-11(12)18(13)17-5-7-19-8-6-17/h2-4,9H,5-8H2,1H3. The van der Waals surface area contributed by atoms with Crippen molar-refractivity contribution in [2.75, 3.05) is 31.3 Å². The molecular formula is C13H15ClFN3O. The first-order valence-corrected chi connectivity index (χ1v) is 6.76. The van der Waals surface area contributed by atoms with Crippen LogP contribution in [-0.4, -0.2) is 36.0 Å². The number of para-hydroxylation sites is 1. The molecule has 1 saturated heterocycles. The van der Waals surface area contributed by atoms with Crippen LogP contribution >= 0.6 is 11.6 Å². The predicted octanol–water partition coefficient (Wildman–Crippen LogP) is 2.44. The Morgan fingerprint density at radius 1 is 1.37 bits per heavy atom. The van der Waals surface area contributed by atoms with Crippen LogP contribution in [0.15, 0.2) is 18.2 Å². The van der Waals surface area contributed by atoms with Crippen LogP contribution in [0, 0.1) is 5.82 Å². The van der Waals surface area contributed by atoms with Gasteiger partial charge in [0.15, 0.2) is 5.82 Å². The van der Waals surface area contributed by atoms with Crippen molar-refractivity contribution in [2.45, 2.75) is 12.3 Å². The lowest BCUT2D eigenvalue weighted by Crippen LogP contribution is -2.44. The molecule has 1 unspecified atom stereocenters. The van der Waals surface area contributed by atoms with E-state index in [4.69, 9.17) is 16.3 Å². The normalized spacial score (nSPS) is 17.9. The van der Waals surface area contributed by atoms with Crippen molar-refractivity contribution in [3.63, 3.8) is 0 Å². The second-order valence-electron chi connectivity index (χ2n) is 4.57. The molecular weight excluding hydrogens is 269 g/mol. The summed E-state index contributed by atoms with van der Waals surface area (Å²) >= 11 is 6.19. The molecule has 1 atom stereocenters. The average molecular weight is 284 g/mol. The van der Waals surface area contributed by atoms with Crippen molar-refractivity contribution < 1.29 is 9.13 Å². The fourth-order valence-electron chi connectivity index (χ4n) is 2.38. The third-order valence-corrected chi connectivity index (χ3v) is 3.46. The van der Waals surface area contributed by atoms with Crippen molar-refractivity contribution >= 4 is 22.6 Å².